The molecule has 1 amide bonds. The van der Waals surface area contributed by atoms with Crippen molar-refractivity contribution >= 4 is 6.09 Å². The summed E-state index contributed by atoms with van der Waals surface area (Å²) >= 11 is 0. The monoisotopic (exact) mass is 242 g/mol. The van der Waals surface area contributed by atoms with Crippen molar-refractivity contribution in [3.8, 4) is 0 Å². The average molecular weight is 242 g/mol. The van der Waals surface area contributed by atoms with Gasteiger partial charge in [0.15, 0.2) is 0 Å². The Balaban J connectivity index is 1.83. The number of hydrogen-bond donors (Lipinski definition) is 2. The molecule has 0 aromatic heterocycles. The Bertz CT molecular complexity index is 289. The molecule has 0 aliphatic carbocycles. The molecule has 2 aliphatic rings. The van der Waals surface area contributed by atoms with Gasteiger partial charge in [-0.05, 0) is 27.2 Å². The van der Waals surface area contributed by atoms with E-state index in [0.717, 1.165) is 26.1 Å². The van der Waals surface area contributed by atoms with Gasteiger partial charge in [-0.15, -0.1) is 0 Å². The highest BCUT2D eigenvalue weighted by atomic mass is 16.6. The van der Waals surface area contributed by atoms with Crippen molar-refractivity contribution in [2.45, 2.75) is 38.9 Å². The van der Waals surface area contributed by atoms with Crippen molar-refractivity contribution in [1.82, 2.24) is 10.6 Å². The predicted molar refractivity (Wildman–Crippen MR) is 63.9 cm³/mol. The lowest BCUT2D eigenvalue weighted by atomic mass is 9.83. The quantitative estimate of drug-likeness (QED) is 0.755. The number of alkyl carbamates (subject to hydrolysis) is 1. The molecular weight excluding hydrogens is 220 g/mol. The fourth-order valence-electron chi connectivity index (χ4n) is 2.50. The lowest BCUT2D eigenvalue weighted by Gasteiger charge is -2.27. The lowest BCUT2D eigenvalue weighted by molar-refractivity contribution is 0.0464. The highest BCUT2D eigenvalue weighted by molar-refractivity contribution is 5.67. The van der Waals surface area contributed by atoms with E-state index >= 15 is 0 Å². The first kappa shape index (κ1) is 12.6. The first-order valence-corrected chi connectivity index (χ1v) is 6.20. The van der Waals surface area contributed by atoms with Crippen molar-refractivity contribution < 1.29 is 14.3 Å². The maximum absolute atomic E-state index is 11.6. The molecule has 0 aromatic rings. The molecule has 5 nitrogen and oxygen atoms in total. The van der Waals surface area contributed by atoms with Crippen LogP contribution in [-0.2, 0) is 9.47 Å². The van der Waals surface area contributed by atoms with Crippen LogP contribution in [-0.4, -0.2) is 44.0 Å². The average Bonchev–Trinajstić information content (AvgIpc) is 2.69. The summed E-state index contributed by atoms with van der Waals surface area (Å²) in [6, 6.07) is 0. The van der Waals surface area contributed by atoms with E-state index in [0.29, 0.717) is 6.54 Å². The molecule has 0 saturated carbocycles. The molecule has 17 heavy (non-hydrogen) atoms. The first-order chi connectivity index (χ1) is 7.91. The van der Waals surface area contributed by atoms with Gasteiger partial charge in [0.25, 0.3) is 0 Å². The Labute approximate surface area is 102 Å². The van der Waals surface area contributed by atoms with Crippen LogP contribution in [0.15, 0.2) is 0 Å². The van der Waals surface area contributed by atoms with Crippen LogP contribution < -0.4 is 10.6 Å². The molecular formula is C12H22N2O3. The molecule has 0 bridgehead atoms. The molecule has 2 atom stereocenters. The molecule has 0 aromatic carbocycles. The van der Waals surface area contributed by atoms with E-state index in [1.807, 2.05) is 20.8 Å². The van der Waals surface area contributed by atoms with E-state index in [4.69, 9.17) is 9.47 Å². The summed E-state index contributed by atoms with van der Waals surface area (Å²) in [5, 5.41) is 6.18. The van der Waals surface area contributed by atoms with Gasteiger partial charge in [-0.1, -0.05) is 0 Å². The minimum Gasteiger partial charge on any atom is -0.444 e. The Morgan fingerprint density at radius 3 is 3.06 bits per heavy atom. The third-order valence-corrected chi connectivity index (χ3v) is 3.39. The fraction of sp³-hybridized carbons (Fsp3) is 0.917. The molecule has 0 spiro atoms. The number of hydrogen-bond acceptors (Lipinski definition) is 4. The topological polar surface area (TPSA) is 59.6 Å². The zero-order valence-corrected chi connectivity index (χ0v) is 10.8. The fourth-order valence-corrected chi connectivity index (χ4v) is 2.50. The number of ether oxygens (including phenoxy) is 2. The van der Waals surface area contributed by atoms with Gasteiger partial charge in [-0.3, -0.25) is 0 Å². The molecule has 2 N–H and O–H groups in total. The first-order valence-electron chi connectivity index (χ1n) is 6.20. The van der Waals surface area contributed by atoms with Crippen molar-refractivity contribution in [3.63, 3.8) is 0 Å². The molecule has 2 rings (SSSR count). The zero-order valence-electron chi connectivity index (χ0n) is 10.8. The highest BCUT2D eigenvalue weighted by Gasteiger charge is 2.47. The summed E-state index contributed by atoms with van der Waals surface area (Å²) in [5.74, 6) is 0. The van der Waals surface area contributed by atoms with Gasteiger partial charge in [-0.25, -0.2) is 4.79 Å². The molecule has 2 saturated heterocycles. The number of carbonyl (C=O) groups is 1. The summed E-state index contributed by atoms with van der Waals surface area (Å²) in [6.45, 7) is 8.81. The molecule has 2 unspecified atom stereocenters. The summed E-state index contributed by atoms with van der Waals surface area (Å²) in [5.41, 5.74) is -0.377. The Hall–Kier alpha value is -0.810. The van der Waals surface area contributed by atoms with Crippen LogP contribution in [0.4, 0.5) is 4.79 Å². The molecule has 98 valence electrons. The minimum atomic E-state index is -0.443. The van der Waals surface area contributed by atoms with Crippen LogP contribution in [0, 0.1) is 5.41 Å². The molecule has 2 aliphatic heterocycles. The van der Waals surface area contributed by atoms with Gasteiger partial charge in [0.2, 0.25) is 0 Å². The second kappa shape index (κ2) is 4.46. The van der Waals surface area contributed by atoms with Crippen LogP contribution in [0.1, 0.15) is 27.2 Å². The van der Waals surface area contributed by atoms with Gasteiger partial charge in [0, 0.05) is 31.7 Å². The van der Waals surface area contributed by atoms with Gasteiger partial charge < -0.3 is 20.1 Å². The second-order valence-electron chi connectivity index (χ2n) is 5.96. The maximum Gasteiger partial charge on any atom is 0.407 e. The number of carbonyl (C=O) groups excluding carboxylic acids is 1. The van der Waals surface area contributed by atoms with E-state index in [9.17, 15) is 4.79 Å². The van der Waals surface area contributed by atoms with Crippen LogP contribution in [0.5, 0.6) is 0 Å². The van der Waals surface area contributed by atoms with Gasteiger partial charge in [0.1, 0.15) is 5.60 Å². The summed E-state index contributed by atoms with van der Waals surface area (Å²) in [7, 11) is 0. The van der Waals surface area contributed by atoms with Crippen LogP contribution in [0.25, 0.3) is 0 Å². The van der Waals surface area contributed by atoms with E-state index < -0.39 is 5.60 Å². The van der Waals surface area contributed by atoms with Crippen molar-refractivity contribution in [1.29, 1.82) is 0 Å². The predicted octanol–water partition coefficient (Wildman–Crippen LogP) is 0.890. The van der Waals surface area contributed by atoms with Crippen molar-refractivity contribution in [2.75, 3.05) is 26.2 Å². The van der Waals surface area contributed by atoms with E-state index in [2.05, 4.69) is 10.6 Å². The summed E-state index contributed by atoms with van der Waals surface area (Å²) in [6.07, 6.45) is 0.891. The smallest absolute Gasteiger partial charge is 0.407 e. The van der Waals surface area contributed by atoms with Gasteiger partial charge >= 0.3 is 6.09 Å². The standard InChI is InChI=1S/C12H22N2O3/c1-11(2,3)17-10(15)14-8-12-4-5-16-9(12)6-13-7-12/h9,13H,4-8H2,1-3H3,(H,14,15). The number of rotatable bonds is 2. The Morgan fingerprint density at radius 2 is 2.35 bits per heavy atom. The number of nitrogens with one attached hydrogen (secondary N) is 2. The van der Waals surface area contributed by atoms with Crippen molar-refractivity contribution in [2.24, 2.45) is 5.41 Å². The number of fused-ring (bicyclic) bond motifs is 1. The highest BCUT2D eigenvalue weighted by Crippen LogP contribution is 2.36. The minimum absolute atomic E-state index is 0.0664. The second-order valence-corrected chi connectivity index (χ2v) is 5.96. The molecule has 5 heteroatoms. The third kappa shape index (κ3) is 2.90. The summed E-state index contributed by atoms with van der Waals surface area (Å²) in [4.78, 5) is 11.6. The van der Waals surface area contributed by atoms with Crippen LogP contribution in [0.3, 0.4) is 0 Å². The Kier molecular flexibility index (Phi) is 3.32. The maximum atomic E-state index is 11.6. The Morgan fingerprint density at radius 1 is 1.59 bits per heavy atom. The normalized spacial score (nSPS) is 32.3. The van der Waals surface area contributed by atoms with Crippen LogP contribution in [0.2, 0.25) is 0 Å². The number of amides is 1. The van der Waals surface area contributed by atoms with Crippen molar-refractivity contribution in [3.05, 3.63) is 0 Å². The van der Waals surface area contributed by atoms with Gasteiger partial charge in [-0.2, -0.15) is 0 Å². The molecule has 2 fully saturated rings. The summed E-state index contributed by atoms with van der Waals surface area (Å²) < 4.78 is 10.9. The third-order valence-electron chi connectivity index (χ3n) is 3.39. The van der Waals surface area contributed by atoms with Crippen LogP contribution >= 0.6 is 0 Å². The lowest BCUT2D eigenvalue weighted by Crippen LogP contribution is -2.44. The van der Waals surface area contributed by atoms with Gasteiger partial charge in [0.05, 0.1) is 6.10 Å². The zero-order chi connectivity index (χ0) is 12.5. The molecule has 2 heterocycles. The van der Waals surface area contributed by atoms with E-state index in [-0.39, 0.29) is 17.6 Å². The van der Waals surface area contributed by atoms with E-state index in [1.165, 1.54) is 0 Å². The SMILES string of the molecule is CC(C)(C)OC(=O)NCC12CCOC1CNC2. The molecule has 0 radical (unpaired) electrons. The largest absolute Gasteiger partial charge is 0.444 e. The van der Waals surface area contributed by atoms with E-state index in [1.54, 1.807) is 0 Å².